The topological polar surface area (TPSA) is 46.4 Å². The van der Waals surface area contributed by atoms with E-state index < -0.39 is 0 Å². The van der Waals surface area contributed by atoms with Gasteiger partial charge in [0, 0.05) is 16.7 Å². The molecule has 1 N–H and O–H groups in total. The van der Waals surface area contributed by atoms with Gasteiger partial charge in [-0.15, -0.1) is 0 Å². The Kier molecular flexibility index (Phi) is 4.52. The molecule has 1 amide bonds. The molecule has 2 aromatic heterocycles. The number of halogens is 1. The lowest BCUT2D eigenvalue weighted by Gasteiger charge is -2.16. The second-order valence-corrected chi connectivity index (χ2v) is 7.16. The van der Waals surface area contributed by atoms with Gasteiger partial charge in [-0.05, 0) is 54.2 Å². The van der Waals surface area contributed by atoms with Gasteiger partial charge in [0.2, 0.25) is 0 Å². The summed E-state index contributed by atoms with van der Waals surface area (Å²) in [5.41, 5.74) is 3.36. The predicted molar refractivity (Wildman–Crippen MR) is 91.3 cm³/mol. The van der Waals surface area contributed by atoms with Gasteiger partial charge in [0.1, 0.15) is 11.3 Å². The first kappa shape index (κ1) is 15.5. The molecule has 0 saturated heterocycles. The van der Waals surface area contributed by atoms with Crippen LogP contribution in [0.2, 0.25) is 0 Å². The molecule has 3 rings (SSSR count). The molecule has 1 aliphatic rings. The molecule has 4 nitrogen and oxygen atoms in total. The van der Waals surface area contributed by atoms with Crippen LogP contribution in [0.1, 0.15) is 60.3 Å². The number of fused-ring (bicyclic) bond motifs is 1. The summed E-state index contributed by atoms with van der Waals surface area (Å²) in [6, 6.07) is 2.32. The van der Waals surface area contributed by atoms with E-state index in [4.69, 9.17) is 0 Å². The molecular weight excluding hydrogens is 342 g/mol. The highest BCUT2D eigenvalue weighted by Gasteiger charge is 2.21. The highest BCUT2D eigenvalue weighted by molar-refractivity contribution is 9.10. The summed E-state index contributed by atoms with van der Waals surface area (Å²) in [6.45, 7) is 3.92. The first-order valence-electron chi connectivity index (χ1n) is 8.02. The smallest absolute Gasteiger partial charge is 0.270 e. The fraction of sp³-hybridized carbons (Fsp3) is 0.529. The zero-order valence-corrected chi connectivity index (χ0v) is 14.7. The molecule has 5 heteroatoms. The van der Waals surface area contributed by atoms with Crippen LogP contribution in [0.4, 0.5) is 0 Å². The highest BCUT2D eigenvalue weighted by Crippen LogP contribution is 2.22. The van der Waals surface area contributed by atoms with Crippen molar-refractivity contribution in [3.63, 3.8) is 0 Å². The largest absolute Gasteiger partial charge is 0.348 e. The molecule has 0 spiro atoms. The monoisotopic (exact) mass is 363 g/mol. The minimum Gasteiger partial charge on any atom is -0.348 e. The molecule has 0 atom stereocenters. The van der Waals surface area contributed by atoms with Gasteiger partial charge in [0.05, 0.1) is 5.69 Å². The van der Waals surface area contributed by atoms with Gasteiger partial charge in [0.15, 0.2) is 0 Å². The molecule has 0 unspecified atom stereocenters. The normalized spacial score (nSPS) is 16.7. The van der Waals surface area contributed by atoms with Gasteiger partial charge < -0.3 is 5.32 Å². The third kappa shape index (κ3) is 3.05. The van der Waals surface area contributed by atoms with Crippen LogP contribution < -0.4 is 5.32 Å². The molecule has 2 aromatic rings. The van der Waals surface area contributed by atoms with Gasteiger partial charge in [-0.3, -0.25) is 9.20 Å². The Hall–Kier alpha value is -1.36. The molecule has 1 saturated carbocycles. The number of carbonyl (C=O) groups is 1. The molecular formula is C17H22BrN3O. The van der Waals surface area contributed by atoms with E-state index >= 15 is 0 Å². The van der Waals surface area contributed by atoms with E-state index in [2.05, 4.69) is 26.2 Å². The summed E-state index contributed by atoms with van der Waals surface area (Å²) in [5.74, 6) is -0.00519. The summed E-state index contributed by atoms with van der Waals surface area (Å²) in [6.07, 6.45) is 9.09. The van der Waals surface area contributed by atoms with Crippen molar-refractivity contribution in [2.24, 2.45) is 0 Å². The number of aryl methyl sites for hydroxylation is 2. The van der Waals surface area contributed by atoms with Gasteiger partial charge in [-0.25, -0.2) is 4.98 Å². The standard InChI is InChI=1S/C17H22BrN3O/c1-11-9-13(18)10-21-15(12(2)19-16(11)21)17(22)20-14-7-5-3-4-6-8-14/h9-10,14H,3-8H2,1-2H3,(H,20,22). The van der Waals surface area contributed by atoms with Crippen molar-refractivity contribution >= 4 is 27.5 Å². The number of nitrogens with zero attached hydrogens (tertiary/aromatic N) is 2. The molecule has 2 heterocycles. The molecule has 0 bridgehead atoms. The maximum absolute atomic E-state index is 12.8. The summed E-state index contributed by atoms with van der Waals surface area (Å²) >= 11 is 3.50. The molecule has 1 aliphatic carbocycles. The Morgan fingerprint density at radius 3 is 2.64 bits per heavy atom. The van der Waals surface area contributed by atoms with Crippen molar-refractivity contribution in [1.29, 1.82) is 0 Å². The Labute approximate surface area is 139 Å². The molecule has 118 valence electrons. The van der Waals surface area contributed by atoms with Crippen LogP contribution in [-0.4, -0.2) is 21.3 Å². The van der Waals surface area contributed by atoms with Crippen LogP contribution >= 0.6 is 15.9 Å². The third-order valence-electron chi connectivity index (χ3n) is 4.45. The minimum atomic E-state index is -0.00519. The number of nitrogens with one attached hydrogen (secondary N) is 1. The zero-order valence-electron chi connectivity index (χ0n) is 13.2. The van der Waals surface area contributed by atoms with E-state index in [0.29, 0.717) is 11.7 Å². The quantitative estimate of drug-likeness (QED) is 0.814. The van der Waals surface area contributed by atoms with Gasteiger partial charge in [-0.2, -0.15) is 0 Å². The Morgan fingerprint density at radius 2 is 1.95 bits per heavy atom. The van der Waals surface area contributed by atoms with Crippen molar-refractivity contribution in [2.75, 3.05) is 0 Å². The van der Waals surface area contributed by atoms with Crippen LogP contribution in [0.5, 0.6) is 0 Å². The Morgan fingerprint density at radius 1 is 1.27 bits per heavy atom. The van der Waals surface area contributed by atoms with Crippen molar-refractivity contribution in [3.8, 4) is 0 Å². The van der Waals surface area contributed by atoms with E-state index in [1.165, 1.54) is 25.7 Å². The van der Waals surface area contributed by atoms with E-state index in [1.54, 1.807) is 0 Å². The number of pyridine rings is 1. The predicted octanol–water partition coefficient (Wildman–Crippen LogP) is 4.17. The molecule has 1 fully saturated rings. The van der Waals surface area contributed by atoms with E-state index in [0.717, 1.165) is 34.2 Å². The second-order valence-electron chi connectivity index (χ2n) is 6.24. The van der Waals surface area contributed by atoms with Crippen LogP contribution in [0.15, 0.2) is 16.7 Å². The number of carbonyl (C=O) groups excluding carboxylic acids is 1. The van der Waals surface area contributed by atoms with Crippen molar-refractivity contribution in [3.05, 3.63) is 33.7 Å². The van der Waals surface area contributed by atoms with Crippen LogP contribution in [0.25, 0.3) is 5.65 Å². The summed E-state index contributed by atoms with van der Waals surface area (Å²) in [7, 11) is 0. The molecule has 0 aromatic carbocycles. The van der Waals surface area contributed by atoms with Crippen LogP contribution in [0, 0.1) is 13.8 Å². The number of amides is 1. The Bertz CT molecular complexity index is 699. The van der Waals surface area contributed by atoms with Gasteiger partial charge in [-0.1, -0.05) is 25.7 Å². The second kappa shape index (κ2) is 6.41. The maximum Gasteiger partial charge on any atom is 0.270 e. The summed E-state index contributed by atoms with van der Waals surface area (Å²) < 4.78 is 2.86. The Balaban J connectivity index is 1.91. The molecule has 0 aliphatic heterocycles. The molecule has 22 heavy (non-hydrogen) atoms. The number of aromatic nitrogens is 2. The van der Waals surface area contributed by atoms with Crippen molar-refractivity contribution in [2.45, 2.75) is 58.4 Å². The van der Waals surface area contributed by atoms with Crippen molar-refractivity contribution in [1.82, 2.24) is 14.7 Å². The van der Waals surface area contributed by atoms with Gasteiger partial charge in [0.25, 0.3) is 5.91 Å². The summed E-state index contributed by atoms with van der Waals surface area (Å²) in [5, 5.41) is 3.22. The van der Waals surface area contributed by atoms with E-state index in [9.17, 15) is 4.79 Å². The number of hydrogen-bond donors (Lipinski definition) is 1. The van der Waals surface area contributed by atoms with E-state index in [1.807, 2.05) is 30.5 Å². The van der Waals surface area contributed by atoms with Crippen molar-refractivity contribution < 1.29 is 4.79 Å². The maximum atomic E-state index is 12.8. The first-order valence-corrected chi connectivity index (χ1v) is 8.81. The fourth-order valence-corrected chi connectivity index (χ4v) is 3.88. The highest BCUT2D eigenvalue weighted by atomic mass is 79.9. The van der Waals surface area contributed by atoms with Crippen LogP contribution in [-0.2, 0) is 0 Å². The number of imidazole rings is 1. The lowest BCUT2D eigenvalue weighted by molar-refractivity contribution is 0.0926. The average Bonchev–Trinajstić information content (AvgIpc) is 2.62. The summed E-state index contributed by atoms with van der Waals surface area (Å²) in [4.78, 5) is 17.3. The zero-order chi connectivity index (χ0) is 15.7. The fourth-order valence-electron chi connectivity index (χ4n) is 3.33. The third-order valence-corrected chi connectivity index (χ3v) is 4.88. The number of rotatable bonds is 2. The lowest BCUT2D eigenvalue weighted by Crippen LogP contribution is -2.35. The van der Waals surface area contributed by atoms with E-state index in [-0.39, 0.29) is 5.91 Å². The average molecular weight is 364 g/mol. The number of hydrogen-bond acceptors (Lipinski definition) is 2. The lowest BCUT2D eigenvalue weighted by atomic mass is 10.1. The minimum absolute atomic E-state index is 0.00519. The molecule has 0 radical (unpaired) electrons. The first-order chi connectivity index (χ1) is 10.6. The van der Waals surface area contributed by atoms with Gasteiger partial charge >= 0.3 is 0 Å². The SMILES string of the molecule is Cc1nc2c(C)cc(Br)cn2c1C(=O)NC1CCCCCC1. The van der Waals surface area contributed by atoms with Crippen LogP contribution in [0.3, 0.4) is 0 Å².